The molecule has 0 aliphatic carbocycles. The molecule has 0 radical (unpaired) electrons. The molecule has 0 unspecified atom stereocenters. The second-order valence-corrected chi connectivity index (χ2v) is 6.66. The highest BCUT2D eigenvalue weighted by molar-refractivity contribution is 5.79. The monoisotopic (exact) mass is 385 g/mol. The second kappa shape index (κ2) is 10.1. The Hall–Kier alpha value is -2.60. The molecule has 0 spiro atoms. The van der Waals surface area contributed by atoms with Gasteiger partial charge in [0, 0.05) is 18.7 Å². The van der Waals surface area contributed by atoms with E-state index in [0.29, 0.717) is 26.1 Å². The predicted molar refractivity (Wildman–Crippen MR) is 109 cm³/mol. The van der Waals surface area contributed by atoms with Gasteiger partial charge in [0.15, 0.2) is 12.8 Å². The lowest BCUT2D eigenvalue weighted by Gasteiger charge is -2.21. The van der Waals surface area contributed by atoms with Crippen LogP contribution in [-0.4, -0.2) is 25.8 Å². The fourth-order valence-corrected chi connectivity index (χ4v) is 3.32. The molecular formula is C22H28FN3O2. The highest BCUT2D eigenvalue weighted by Gasteiger charge is 2.16. The van der Waals surface area contributed by atoms with Crippen LogP contribution in [0.15, 0.2) is 41.4 Å². The fraction of sp³-hybridized carbons (Fsp3) is 0.409. The van der Waals surface area contributed by atoms with Gasteiger partial charge in [0.25, 0.3) is 0 Å². The molecule has 2 aromatic carbocycles. The van der Waals surface area contributed by atoms with E-state index in [1.54, 1.807) is 0 Å². The van der Waals surface area contributed by atoms with E-state index in [1.165, 1.54) is 23.3 Å². The van der Waals surface area contributed by atoms with Gasteiger partial charge in [-0.15, -0.1) is 0 Å². The van der Waals surface area contributed by atoms with Crippen molar-refractivity contribution in [3.05, 3.63) is 64.5 Å². The minimum atomic E-state index is -0.264. The van der Waals surface area contributed by atoms with Crippen LogP contribution in [0, 0.1) is 5.82 Å². The first-order valence-electron chi connectivity index (χ1n) is 9.82. The number of aliphatic imine (C=N–C) groups is 1. The van der Waals surface area contributed by atoms with Crippen molar-refractivity contribution in [2.24, 2.45) is 4.99 Å². The first kappa shape index (κ1) is 20.1. The third-order valence-electron chi connectivity index (χ3n) is 4.69. The maximum absolute atomic E-state index is 13.9. The van der Waals surface area contributed by atoms with Crippen LogP contribution in [0.1, 0.15) is 36.1 Å². The van der Waals surface area contributed by atoms with Crippen LogP contribution in [-0.2, 0) is 30.7 Å². The maximum Gasteiger partial charge on any atom is 0.191 e. The number of hydrogen-bond acceptors (Lipinski definition) is 3. The van der Waals surface area contributed by atoms with Gasteiger partial charge < -0.3 is 20.1 Å². The average molecular weight is 385 g/mol. The van der Waals surface area contributed by atoms with E-state index in [2.05, 4.69) is 35.8 Å². The van der Waals surface area contributed by atoms with E-state index < -0.39 is 0 Å². The Bertz CT molecular complexity index is 823. The van der Waals surface area contributed by atoms with Gasteiger partial charge in [-0.2, -0.15) is 0 Å². The third-order valence-corrected chi connectivity index (χ3v) is 4.69. The fourth-order valence-electron chi connectivity index (χ4n) is 3.32. The van der Waals surface area contributed by atoms with Gasteiger partial charge in [0.1, 0.15) is 11.6 Å². The summed E-state index contributed by atoms with van der Waals surface area (Å²) in [6.07, 6.45) is 1.63. The van der Waals surface area contributed by atoms with Crippen molar-refractivity contribution < 1.29 is 13.9 Å². The van der Waals surface area contributed by atoms with Gasteiger partial charge in [-0.3, -0.25) is 0 Å². The summed E-state index contributed by atoms with van der Waals surface area (Å²) in [7, 11) is 0. The molecule has 0 saturated heterocycles. The third kappa shape index (κ3) is 5.23. The molecule has 5 nitrogen and oxygen atoms in total. The normalized spacial score (nSPS) is 13.6. The van der Waals surface area contributed by atoms with Gasteiger partial charge in [-0.05, 0) is 48.6 Å². The molecular weight excluding hydrogens is 357 g/mol. The van der Waals surface area contributed by atoms with Gasteiger partial charge >= 0.3 is 0 Å². The Morgan fingerprint density at radius 1 is 1.11 bits per heavy atom. The van der Waals surface area contributed by atoms with Crippen molar-refractivity contribution in [1.82, 2.24) is 10.6 Å². The number of nitrogens with zero attached hydrogens (tertiary/aromatic N) is 1. The lowest BCUT2D eigenvalue weighted by atomic mass is 10.1. The largest absolute Gasteiger partial charge is 0.467 e. The standard InChI is InChI=1S/C22H28FN3O2/c1-3-16-7-5-6-8-18(16)13-26-22(24-4-2)25-10-9-17-11-20(23)12-19-14-27-15-28-21(17)19/h5-8,11-12H,3-4,9-10,13-15H2,1-2H3,(H2,24,25,26). The molecule has 2 N–H and O–H groups in total. The van der Waals surface area contributed by atoms with Crippen LogP contribution < -0.4 is 15.4 Å². The number of ether oxygens (including phenoxy) is 2. The maximum atomic E-state index is 13.9. The number of guanidine groups is 1. The van der Waals surface area contributed by atoms with Crippen molar-refractivity contribution in [2.75, 3.05) is 19.9 Å². The molecule has 1 aliphatic rings. The topological polar surface area (TPSA) is 54.9 Å². The van der Waals surface area contributed by atoms with E-state index in [4.69, 9.17) is 14.5 Å². The van der Waals surface area contributed by atoms with Crippen molar-refractivity contribution in [2.45, 2.75) is 39.8 Å². The minimum absolute atomic E-state index is 0.208. The number of nitrogens with one attached hydrogen (secondary N) is 2. The number of hydrogen-bond donors (Lipinski definition) is 2. The number of rotatable bonds is 7. The van der Waals surface area contributed by atoms with Crippen molar-refractivity contribution in [3.8, 4) is 5.75 Å². The summed E-state index contributed by atoms with van der Waals surface area (Å²) in [5.41, 5.74) is 4.15. The summed E-state index contributed by atoms with van der Waals surface area (Å²) in [5.74, 6) is 1.23. The average Bonchev–Trinajstić information content (AvgIpc) is 2.72. The molecule has 0 atom stereocenters. The molecule has 0 bridgehead atoms. The molecule has 0 amide bonds. The van der Waals surface area contributed by atoms with E-state index in [9.17, 15) is 4.39 Å². The Morgan fingerprint density at radius 3 is 2.71 bits per heavy atom. The first-order valence-corrected chi connectivity index (χ1v) is 9.82. The van der Waals surface area contributed by atoms with E-state index in [-0.39, 0.29) is 12.6 Å². The Kier molecular flexibility index (Phi) is 7.25. The van der Waals surface area contributed by atoms with Crippen LogP contribution in [0.2, 0.25) is 0 Å². The van der Waals surface area contributed by atoms with Crippen molar-refractivity contribution in [3.63, 3.8) is 0 Å². The number of fused-ring (bicyclic) bond motifs is 1. The van der Waals surface area contributed by atoms with E-state index in [0.717, 1.165) is 35.8 Å². The number of benzene rings is 2. The van der Waals surface area contributed by atoms with Gasteiger partial charge in [-0.25, -0.2) is 9.38 Å². The summed E-state index contributed by atoms with van der Waals surface area (Å²) >= 11 is 0. The lowest BCUT2D eigenvalue weighted by Crippen LogP contribution is -2.38. The number of halogens is 1. The van der Waals surface area contributed by atoms with Crippen LogP contribution >= 0.6 is 0 Å². The van der Waals surface area contributed by atoms with E-state index in [1.807, 2.05) is 13.0 Å². The number of aryl methyl sites for hydroxylation is 1. The first-order chi connectivity index (χ1) is 13.7. The van der Waals surface area contributed by atoms with Crippen LogP contribution in [0.25, 0.3) is 0 Å². The summed E-state index contributed by atoms with van der Waals surface area (Å²) in [6, 6.07) is 11.4. The van der Waals surface area contributed by atoms with Gasteiger partial charge in [0.05, 0.1) is 13.2 Å². The Balaban J connectivity index is 1.63. The molecule has 0 fully saturated rings. The Labute approximate surface area is 166 Å². The van der Waals surface area contributed by atoms with Crippen molar-refractivity contribution >= 4 is 5.96 Å². The molecule has 6 heteroatoms. The van der Waals surface area contributed by atoms with Crippen LogP contribution in [0.4, 0.5) is 4.39 Å². The van der Waals surface area contributed by atoms with E-state index >= 15 is 0 Å². The predicted octanol–water partition coefficient (Wildman–Crippen LogP) is 3.55. The molecule has 0 aromatic heterocycles. The summed E-state index contributed by atoms with van der Waals surface area (Å²) in [6.45, 7) is 6.80. The summed E-state index contributed by atoms with van der Waals surface area (Å²) in [4.78, 5) is 4.70. The summed E-state index contributed by atoms with van der Waals surface area (Å²) < 4.78 is 24.7. The van der Waals surface area contributed by atoms with Crippen molar-refractivity contribution in [1.29, 1.82) is 0 Å². The lowest BCUT2D eigenvalue weighted by molar-refractivity contribution is -0.0172. The zero-order chi connectivity index (χ0) is 19.8. The van der Waals surface area contributed by atoms with Gasteiger partial charge in [0.2, 0.25) is 0 Å². The highest BCUT2D eigenvalue weighted by atomic mass is 19.1. The molecule has 1 aliphatic heterocycles. The minimum Gasteiger partial charge on any atom is -0.467 e. The zero-order valence-corrected chi connectivity index (χ0v) is 16.6. The quantitative estimate of drug-likeness (QED) is 0.565. The van der Waals surface area contributed by atoms with Gasteiger partial charge in [-0.1, -0.05) is 31.2 Å². The molecule has 1 heterocycles. The smallest absolute Gasteiger partial charge is 0.191 e. The molecule has 150 valence electrons. The van der Waals surface area contributed by atoms with Crippen LogP contribution in [0.5, 0.6) is 5.75 Å². The Morgan fingerprint density at radius 2 is 1.93 bits per heavy atom. The zero-order valence-electron chi connectivity index (χ0n) is 16.6. The highest BCUT2D eigenvalue weighted by Crippen LogP contribution is 2.29. The second-order valence-electron chi connectivity index (χ2n) is 6.66. The molecule has 28 heavy (non-hydrogen) atoms. The molecule has 3 rings (SSSR count). The summed E-state index contributed by atoms with van der Waals surface area (Å²) in [5, 5.41) is 6.60. The molecule has 2 aromatic rings. The van der Waals surface area contributed by atoms with Crippen LogP contribution in [0.3, 0.4) is 0 Å². The molecule has 0 saturated carbocycles. The SMILES string of the molecule is CCNC(=NCc1ccccc1CC)NCCc1cc(F)cc2c1OCOC2.